The Hall–Kier alpha value is -1.25. The smallest absolute Gasteiger partial charge is 0.349 e. The van der Waals surface area contributed by atoms with Crippen LogP contribution in [0.15, 0.2) is 30.3 Å². The van der Waals surface area contributed by atoms with Crippen LogP contribution in [-0.2, 0) is 18.9 Å². The van der Waals surface area contributed by atoms with E-state index in [0.29, 0.717) is 5.56 Å². The molecule has 1 aliphatic rings. The third kappa shape index (κ3) is 7.55. The summed E-state index contributed by atoms with van der Waals surface area (Å²) < 4.78 is 40.5. The highest BCUT2D eigenvalue weighted by Gasteiger charge is 2.30. The first-order chi connectivity index (χ1) is 12.1. The molecular formula is C16H24NO7PS. The maximum Gasteiger partial charge on any atom is 0.469 e. The highest BCUT2D eigenvalue weighted by atomic mass is 32.2. The van der Waals surface area contributed by atoms with Crippen molar-refractivity contribution in [1.82, 2.24) is 5.32 Å². The lowest BCUT2D eigenvalue weighted by atomic mass is 10.1. The molecule has 0 aromatic heterocycles. The molecule has 8 nitrogen and oxygen atoms in total. The average molecular weight is 405 g/mol. The zero-order valence-electron chi connectivity index (χ0n) is 14.3. The van der Waals surface area contributed by atoms with Gasteiger partial charge in [-0.3, -0.25) is 9.32 Å². The molecule has 1 aromatic rings. The molecule has 0 saturated heterocycles. The fourth-order valence-electron chi connectivity index (χ4n) is 3.11. The second-order valence-corrected chi connectivity index (χ2v) is 9.87. The van der Waals surface area contributed by atoms with Crippen LogP contribution < -0.4 is 5.32 Å². The van der Waals surface area contributed by atoms with Gasteiger partial charge in [0.25, 0.3) is 5.91 Å². The maximum absolute atomic E-state index is 12.4. The summed E-state index contributed by atoms with van der Waals surface area (Å²) in [6.07, 6.45) is 2.35. The van der Waals surface area contributed by atoms with E-state index in [9.17, 15) is 17.8 Å². The Labute approximate surface area is 153 Å². The van der Waals surface area contributed by atoms with Crippen molar-refractivity contribution in [3.05, 3.63) is 35.9 Å². The minimum Gasteiger partial charge on any atom is -0.349 e. The van der Waals surface area contributed by atoms with Crippen LogP contribution in [-0.4, -0.2) is 48.3 Å². The third-order valence-corrected chi connectivity index (χ3v) is 6.65. The zero-order chi connectivity index (χ0) is 19.2. The summed E-state index contributed by atoms with van der Waals surface area (Å²) in [5.74, 6) is -0.975. The molecule has 0 aliphatic heterocycles. The first kappa shape index (κ1) is 21.1. The molecule has 2 rings (SSSR count). The molecular weight excluding hydrogens is 381 g/mol. The van der Waals surface area contributed by atoms with Crippen molar-refractivity contribution in [1.29, 1.82) is 0 Å². The molecule has 1 fully saturated rings. The molecule has 146 valence electrons. The number of hydrogen-bond acceptors (Lipinski definition) is 5. The number of rotatable bonds is 9. The van der Waals surface area contributed by atoms with E-state index in [1.54, 1.807) is 30.3 Å². The van der Waals surface area contributed by atoms with Gasteiger partial charge in [-0.25, -0.2) is 13.0 Å². The maximum atomic E-state index is 12.4. The lowest BCUT2D eigenvalue weighted by Gasteiger charge is -2.20. The van der Waals surface area contributed by atoms with E-state index < -0.39 is 35.4 Å². The van der Waals surface area contributed by atoms with Crippen molar-refractivity contribution in [2.24, 2.45) is 5.92 Å². The Morgan fingerprint density at radius 2 is 1.85 bits per heavy atom. The van der Waals surface area contributed by atoms with Crippen LogP contribution in [0.5, 0.6) is 0 Å². The molecule has 0 spiro atoms. The molecule has 1 amide bonds. The topological polar surface area (TPSA) is 130 Å². The zero-order valence-corrected chi connectivity index (χ0v) is 16.0. The number of carbonyl (C=O) groups is 1. The van der Waals surface area contributed by atoms with Crippen molar-refractivity contribution >= 4 is 23.6 Å². The quantitative estimate of drug-likeness (QED) is 0.531. The summed E-state index contributed by atoms with van der Waals surface area (Å²) in [5.41, 5.74) is 0.358. The van der Waals surface area contributed by atoms with E-state index in [-0.39, 0.29) is 18.2 Å². The Morgan fingerprint density at radius 3 is 2.42 bits per heavy atom. The molecule has 26 heavy (non-hydrogen) atoms. The van der Waals surface area contributed by atoms with Gasteiger partial charge in [0, 0.05) is 12.1 Å². The molecule has 3 N–H and O–H groups in total. The van der Waals surface area contributed by atoms with E-state index in [1.165, 1.54) is 0 Å². The van der Waals surface area contributed by atoms with Gasteiger partial charge in [0.2, 0.25) is 0 Å². The lowest BCUT2D eigenvalue weighted by Crippen LogP contribution is -2.38. The van der Waals surface area contributed by atoms with Crippen LogP contribution in [0, 0.1) is 5.92 Å². The number of carbonyl (C=O) groups excluding carboxylic acids is 1. The van der Waals surface area contributed by atoms with Crippen LogP contribution in [0.25, 0.3) is 0 Å². The Kier molecular flexibility index (Phi) is 7.37. The van der Waals surface area contributed by atoms with Crippen molar-refractivity contribution in [2.45, 2.75) is 31.8 Å². The van der Waals surface area contributed by atoms with E-state index in [0.717, 1.165) is 25.7 Å². The van der Waals surface area contributed by atoms with Crippen LogP contribution in [0.1, 0.15) is 36.0 Å². The number of phosphoric acid groups is 1. The minimum absolute atomic E-state index is 0.0271. The van der Waals surface area contributed by atoms with E-state index in [1.807, 2.05) is 0 Å². The first-order valence-corrected chi connectivity index (χ1v) is 11.8. The molecule has 1 aliphatic carbocycles. The Bertz CT molecular complexity index is 741. The molecule has 1 atom stereocenters. The van der Waals surface area contributed by atoms with Gasteiger partial charge in [-0.1, -0.05) is 31.0 Å². The normalized spacial score (nSPS) is 17.2. The number of phosphoric ester groups is 1. The first-order valence-electron chi connectivity index (χ1n) is 8.42. The highest BCUT2D eigenvalue weighted by molar-refractivity contribution is 7.91. The van der Waals surface area contributed by atoms with E-state index >= 15 is 0 Å². The van der Waals surface area contributed by atoms with Gasteiger partial charge >= 0.3 is 7.82 Å². The SMILES string of the molecule is O=C(NCC(CS(=O)(=O)CC1CCCC1)OP(=O)(O)O)c1ccccc1. The Balaban J connectivity index is 1.98. The molecule has 0 radical (unpaired) electrons. The van der Waals surface area contributed by atoms with Gasteiger partial charge in [-0.05, 0) is 30.9 Å². The summed E-state index contributed by atoms with van der Waals surface area (Å²) in [4.78, 5) is 30.1. The molecule has 0 heterocycles. The minimum atomic E-state index is -4.89. The molecule has 1 aromatic carbocycles. The van der Waals surface area contributed by atoms with Crippen LogP contribution in [0.4, 0.5) is 0 Å². The van der Waals surface area contributed by atoms with Gasteiger partial charge in [0.15, 0.2) is 9.84 Å². The van der Waals surface area contributed by atoms with Gasteiger partial charge in [-0.15, -0.1) is 0 Å². The van der Waals surface area contributed by atoms with E-state index in [2.05, 4.69) is 9.84 Å². The van der Waals surface area contributed by atoms with Gasteiger partial charge in [-0.2, -0.15) is 0 Å². The monoisotopic (exact) mass is 405 g/mol. The number of benzene rings is 1. The van der Waals surface area contributed by atoms with Crippen LogP contribution in [0.2, 0.25) is 0 Å². The standard InChI is InChI=1S/C16H24NO7PS/c18-16(14-8-2-1-3-9-14)17-10-15(24-25(19,20)21)12-26(22,23)11-13-6-4-5-7-13/h1-3,8-9,13,15H,4-7,10-12H2,(H,17,18)(H2,19,20,21). The molecule has 0 bridgehead atoms. The van der Waals surface area contributed by atoms with Crippen molar-refractivity contribution in [3.8, 4) is 0 Å². The van der Waals surface area contributed by atoms with Gasteiger partial charge < -0.3 is 15.1 Å². The number of amides is 1. The lowest BCUT2D eigenvalue weighted by molar-refractivity contribution is 0.0912. The Morgan fingerprint density at radius 1 is 1.23 bits per heavy atom. The highest BCUT2D eigenvalue weighted by Crippen LogP contribution is 2.38. The van der Waals surface area contributed by atoms with Crippen molar-refractivity contribution < 1.29 is 32.1 Å². The molecule has 1 unspecified atom stereocenters. The predicted molar refractivity (Wildman–Crippen MR) is 96.3 cm³/mol. The summed E-state index contributed by atoms with van der Waals surface area (Å²) in [6.45, 7) is -0.317. The number of hydrogen-bond donors (Lipinski definition) is 3. The van der Waals surface area contributed by atoms with Gasteiger partial charge in [0.05, 0.1) is 11.5 Å². The summed E-state index contributed by atoms with van der Waals surface area (Å²) in [7, 11) is -8.46. The summed E-state index contributed by atoms with van der Waals surface area (Å²) >= 11 is 0. The number of sulfone groups is 1. The van der Waals surface area contributed by atoms with Crippen molar-refractivity contribution in [2.75, 3.05) is 18.1 Å². The second kappa shape index (κ2) is 9.10. The summed E-state index contributed by atoms with van der Waals surface area (Å²) in [6, 6.07) is 8.23. The van der Waals surface area contributed by atoms with Crippen LogP contribution in [0.3, 0.4) is 0 Å². The summed E-state index contributed by atoms with van der Waals surface area (Å²) in [5, 5.41) is 2.47. The fourth-order valence-corrected chi connectivity index (χ4v) is 5.68. The molecule has 10 heteroatoms. The van der Waals surface area contributed by atoms with Crippen LogP contribution >= 0.6 is 7.82 Å². The van der Waals surface area contributed by atoms with Crippen molar-refractivity contribution in [3.63, 3.8) is 0 Å². The largest absolute Gasteiger partial charge is 0.469 e. The predicted octanol–water partition coefficient (Wildman–Crippen LogP) is 1.50. The van der Waals surface area contributed by atoms with E-state index in [4.69, 9.17) is 9.79 Å². The number of nitrogens with one attached hydrogen (secondary N) is 1. The fraction of sp³-hybridized carbons (Fsp3) is 0.562. The average Bonchev–Trinajstić information content (AvgIpc) is 3.03. The van der Waals surface area contributed by atoms with Gasteiger partial charge in [0.1, 0.15) is 6.10 Å². The third-order valence-electron chi connectivity index (χ3n) is 4.22. The second-order valence-electron chi connectivity index (χ2n) is 6.52. The molecule has 1 saturated carbocycles.